The summed E-state index contributed by atoms with van der Waals surface area (Å²) < 4.78 is 11.4. The van der Waals surface area contributed by atoms with Crippen LogP contribution in [0.4, 0.5) is 10.5 Å². The fraction of sp³-hybridized carbons (Fsp3) is 0.185. The van der Waals surface area contributed by atoms with Gasteiger partial charge in [-0.05, 0) is 54.5 Å². The number of amides is 2. The fourth-order valence-electron chi connectivity index (χ4n) is 4.16. The predicted molar refractivity (Wildman–Crippen MR) is 132 cm³/mol. The molecule has 5 rings (SSSR count). The maximum atomic E-state index is 12.3. The molecule has 3 aromatic carbocycles. The number of likely N-dealkylation sites (N-methyl/N-ethyl adjacent to an activating group) is 1. The first-order chi connectivity index (χ1) is 16.5. The number of halogens is 1. The second-order valence-electron chi connectivity index (χ2n) is 8.24. The normalized spacial score (nSPS) is 18.1. The second-order valence-corrected chi connectivity index (χ2v) is 8.65. The number of benzene rings is 3. The van der Waals surface area contributed by atoms with E-state index >= 15 is 0 Å². The van der Waals surface area contributed by atoms with E-state index in [0.29, 0.717) is 41.6 Å². The molecule has 0 bridgehead atoms. The Balaban J connectivity index is 1.26. The standard InChI is InChI=1S/C27H23ClN2O4/c1-2-30-16-20(34-27(30)32)13-18-9-12-25(23(28)15-18)33-19-10-7-17(8-11-19)14-22-21-5-3-4-6-24(21)29-26(22)31/h3-12,14-15,20H,2,13,16H2,1H3,(H,29,31)/b22-14+. The Morgan fingerprint density at radius 1 is 1.12 bits per heavy atom. The minimum absolute atomic E-state index is 0.108. The van der Waals surface area contributed by atoms with E-state index in [-0.39, 0.29) is 18.1 Å². The van der Waals surface area contributed by atoms with Crippen molar-refractivity contribution in [1.82, 2.24) is 4.90 Å². The summed E-state index contributed by atoms with van der Waals surface area (Å²) in [6.45, 7) is 3.15. The first-order valence-corrected chi connectivity index (χ1v) is 11.5. The van der Waals surface area contributed by atoms with E-state index in [9.17, 15) is 9.59 Å². The first kappa shape index (κ1) is 22.0. The number of ether oxygens (including phenoxy) is 2. The Kier molecular flexibility index (Phi) is 5.99. The molecule has 2 aliphatic heterocycles. The van der Waals surface area contributed by atoms with Gasteiger partial charge in [-0.25, -0.2) is 4.79 Å². The van der Waals surface area contributed by atoms with Gasteiger partial charge in [0.1, 0.15) is 17.6 Å². The molecule has 0 radical (unpaired) electrons. The molecule has 2 aliphatic rings. The van der Waals surface area contributed by atoms with E-state index in [4.69, 9.17) is 21.1 Å². The zero-order valence-electron chi connectivity index (χ0n) is 18.6. The minimum Gasteiger partial charge on any atom is -0.456 e. The highest BCUT2D eigenvalue weighted by Crippen LogP contribution is 2.34. The highest BCUT2D eigenvalue weighted by atomic mass is 35.5. The molecule has 1 atom stereocenters. The van der Waals surface area contributed by atoms with Crippen LogP contribution in [0.15, 0.2) is 66.7 Å². The molecule has 172 valence electrons. The van der Waals surface area contributed by atoms with Crippen LogP contribution >= 0.6 is 11.6 Å². The minimum atomic E-state index is -0.268. The Bertz CT molecular complexity index is 1290. The number of cyclic esters (lactones) is 1. The summed E-state index contributed by atoms with van der Waals surface area (Å²) in [7, 11) is 0. The quantitative estimate of drug-likeness (QED) is 0.444. The summed E-state index contributed by atoms with van der Waals surface area (Å²) in [6, 6.07) is 20.7. The summed E-state index contributed by atoms with van der Waals surface area (Å²) >= 11 is 6.46. The number of rotatable bonds is 6. The molecule has 1 saturated heterocycles. The van der Waals surface area contributed by atoms with Gasteiger partial charge in [0.05, 0.1) is 11.6 Å². The number of hydrogen-bond acceptors (Lipinski definition) is 4. The maximum Gasteiger partial charge on any atom is 0.410 e. The molecule has 2 amide bonds. The third kappa shape index (κ3) is 4.50. The molecule has 34 heavy (non-hydrogen) atoms. The number of carbonyl (C=O) groups excluding carboxylic acids is 2. The molecule has 1 N–H and O–H groups in total. The van der Waals surface area contributed by atoms with Crippen molar-refractivity contribution in [2.45, 2.75) is 19.4 Å². The van der Waals surface area contributed by atoms with Gasteiger partial charge >= 0.3 is 6.09 Å². The molecule has 3 aromatic rings. The van der Waals surface area contributed by atoms with Crippen molar-refractivity contribution in [3.05, 3.63) is 88.4 Å². The monoisotopic (exact) mass is 474 g/mol. The molecule has 6 nitrogen and oxygen atoms in total. The van der Waals surface area contributed by atoms with Crippen molar-refractivity contribution in [2.75, 3.05) is 18.4 Å². The van der Waals surface area contributed by atoms with E-state index < -0.39 is 0 Å². The van der Waals surface area contributed by atoms with Crippen LogP contribution in [0.2, 0.25) is 5.02 Å². The van der Waals surface area contributed by atoms with Crippen molar-refractivity contribution in [3.8, 4) is 11.5 Å². The van der Waals surface area contributed by atoms with Crippen LogP contribution in [-0.2, 0) is 16.0 Å². The van der Waals surface area contributed by atoms with Crippen LogP contribution in [0.1, 0.15) is 23.6 Å². The van der Waals surface area contributed by atoms with Crippen molar-refractivity contribution in [3.63, 3.8) is 0 Å². The number of hydrogen-bond donors (Lipinski definition) is 1. The van der Waals surface area contributed by atoms with Gasteiger partial charge in [0, 0.05) is 29.8 Å². The lowest BCUT2D eigenvalue weighted by Crippen LogP contribution is -2.24. The Morgan fingerprint density at radius 2 is 1.91 bits per heavy atom. The Labute approximate surface area is 202 Å². The van der Waals surface area contributed by atoms with Crippen LogP contribution in [-0.4, -0.2) is 36.1 Å². The summed E-state index contributed by atoms with van der Waals surface area (Å²) in [5.74, 6) is 1.07. The molecule has 7 heteroatoms. The Hall–Kier alpha value is -3.77. The largest absolute Gasteiger partial charge is 0.456 e. The third-order valence-corrected chi connectivity index (χ3v) is 6.22. The topological polar surface area (TPSA) is 67.9 Å². The van der Waals surface area contributed by atoms with E-state index in [1.165, 1.54) is 0 Å². The second kappa shape index (κ2) is 9.23. The van der Waals surface area contributed by atoms with E-state index in [0.717, 1.165) is 22.4 Å². The van der Waals surface area contributed by atoms with Crippen molar-refractivity contribution in [2.24, 2.45) is 0 Å². The van der Waals surface area contributed by atoms with Crippen LogP contribution < -0.4 is 10.1 Å². The molecule has 2 heterocycles. The van der Waals surface area contributed by atoms with Crippen LogP contribution in [0, 0.1) is 0 Å². The summed E-state index contributed by atoms with van der Waals surface area (Å²) in [5, 5.41) is 3.36. The van der Waals surface area contributed by atoms with Gasteiger partial charge < -0.3 is 19.7 Å². The SMILES string of the molecule is CCN1CC(Cc2ccc(Oc3ccc(/C=C4/C(=O)Nc5ccccc54)cc3)c(Cl)c2)OC1=O. The molecule has 1 fully saturated rings. The summed E-state index contributed by atoms with van der Waals surface area (Å²) in [6.07, 6.45) is 2.02. The Morgan fingerprint density at radius 3 is 2.65 bits per heavy atom. The number of anilines is 1. The van der Waals surface area contributed by atoms with E-state index in [1.54, 1.807) is 4.90 Å². The zero-order valence-corrected chi connectivity index (χ0v) is 19.3. The highest BCUT2D eigenvalue weighted by molar-refractivity contribution is 6.35. The van der Waals surface area contributed by atoms with Gasteiger partial charge in [0.2, 0.25) is 0 Å². The zero-order chi connectivity index (χ0) is 23.7. The smallest absolute Gasteiger partial charge is 0.410 e. The molecule has 0 aliphatic carbocycles. The molecular weight excluding hydrogens is 452 g/mol. The lowest BCUT2D eigenvalue weighted by molar-refractivity contribution is -0.110. The lowest BCUT2D eigenvalue weighted by atomic mass is 10.0. The highest BCUT2D eigenvalue weighted by Gasteiger charge is 2.30. The van der Waals surface area contributed by atoms with Gasteiger partial charge in [-0.2, -0.15) is 0 Å². The van der Waals surface area contributed by atoms with Crippen molar-refractivity contribution < 1.29 is 19.1 Å². The number of fused-ring (bicyclic) bond motifs is 1. The number of para-hydroxylation sites is 1. The van der Waals surface area contributed by atoms with Crippen molar-refractivity contribution >= 4 is 40.9 Å². The molecule has 0 spiro atoms. The molecule has 0 aromatic heterocycles. The first-order valence-electron chi connectivity index (χ1n) is 11.1. The fourth-order valence-corrected chi connectivity index (χ4v) is 4.41. The van der Waals surface area contributed by atoms with Crippen LogP contribution in [0.5, 0.6) is 11.5 Å². The molecular formula is C27H23ClN2O4. The van der Waals surface area contributed by atoms with E-state index in [2.05, 4.69) is 5.32 Å². The van der Waals surface area contributed by atoms with Gasteiger partial charge in [0.15, 0.2) is 0 Å². The predicted octanol–water partition coefficient (Wildman–Crippen LogP) is 6.01. The molecule has 0 saturated carbocycles. The summed E-state index contributed by atoms with van der Waals surface area (Å²) in [5.41, 5.74) is 4.23. The van der Waals surface area contributed by atoms with E-state index in [1.807, 2.05) is 79.7 Å². The van der Waals surface area contributed by atoms with Gasteiger partial charge in [-0.1, -0.05) is 48.0 Å². The van der Waals surface area contributed by atoms with Gasteiger partial charge in [-0.15, -0.1) is 0 Å². The average Bonchev–Trinajstić information content (AvgIpc) is 3.35. The maximum absolute atomic E-state index is 12.3. The van der Waals surface area contributed by atoms with Crippen LogP contribution in [0.25, 0.3) is 11.6 Å². The lowest BCUT2D eigenvalue weighted by Gasteiger charge is -2.12. The third-order valence-electron chi connectivity index (χ3n) is 5.92. The van der Waals surface area contributed by atoms with Crippen LogP contribution in [0.3, 0.4) is 0 Å². The summed E-state index contributed by atoms with van der Waals surface area (Å²) in [4.78, 5) is 25.8. The van der Waals surface area contributed by atoms with Gasteiger partial charge in [0.25, 0.3) is 5.91 Å². The number of nitrogens with one attached hydrogen (secondary N) is 1. The molecule has 1 unspecified atom stereocenters. The van der Waals surface area contributed by atoms with Gasteiger partial charge in [-0.3, -0.25) is 4.79 Å². The van der Waals surface area contributed by atoms with Crippen molar-refractivity contribution in [1.29, 1.82) is 0 Å². The number of nitrogens with zero attached hydrogens (tertiary/aromatic N) is 1. The average molecular weight is 475 g/mol. The number of carbonyl (C=O) groups is 2.